The first-order valence-electron chi connectivity index (χ1n) is 5.00. The van der Waals surface area contributed by atoms with E-state index < -0.39 is 0 Å². The molecule has 2 N–H and O–H groups in total. The molecule has 0 bridgehead atoms. The fraction of sp³-hybridized carbons (Fsp3) is 0.0769. The summed E-state index contributed by atoms with van der Waals surface area (Å²) in [4.78, 5) is 2.46. The topological polar surface area (TPSA) is 26.0 Å². The van der Waals surface area contributed by atoms with Crippen molar-refractivity contribution in [2.75, 3.05) is 0 Å². The molecule has 0 heterocycles. The van der Waals surface area contributed by atoms with E-state index in [4.69, 9.17) is 5.73 Å². The molecule has 0 amide bonds. The van der Waals surface area contributed by atoms with E-state index in [1.807, 2.05) is 12.1 Å². The maximum atomic E-state index is 5.62. The molecular formula is C13H12BrNS. The Bertz CT molecular complexity index is 468. The van der Waals surface area contributed by atoms with Gasteiger partial charge in [-0.2, -0.15) is 0 Å². The van der Waals surface area contributed by atoms with Crippen LogP contribution in [0.4, 0.5) is 0 Å². The summed E-state index contributed by atoms with van der Waals surface area (Å²) >= 11 is 5.18. The van der Waals surface area contributed by atoms with Crippen molar-refractivity contribution >= 4 is 27.7 Å². The van der Waals surface area contributed by atoms with Crippen LogP contribution in [0.15, 0.2) is 62.8 Å². The largest absolute Gasteiger partial charge is 0.326 e. The van der Waals surface area contributed by atoms with Crippen LogP contribution in [0.1, 0.15) is 5.56 Å². The monoisotopic (exact) mass is 293 g/mol. The minimum atomic E-state index is 0.592. The summed E-state index contributed by atoms with van der Waals surface area (Å²) in [7, 11) is 0. The van der Waals surface area contributed by atoms with Crippen LogP contribution in [-0.4, -0.2) is 0 Å². The smallest absolute Gasteiger partial charge is 0.0178 e. The SMILES string of the molecule is NCc1cccc(Sc2ccc(Br)cc2)c1. The molecule has 0 saturated heterocycles. The molecular weight excluding hydrogens is 282 g/mol. The Morgan fingerprint density at radius 2 is 1.75 bits per heavy atom. The lowest BCUT2D eigenvalue weighted by molar-refractivity contribution is 1.06. The van der Waals surface area contributed by atoms with Gasteiger partial charge in [-0.05, 0) is 42.0 Å². The van der Waals surface area contributed by atoms with Crippen molar-refractivity contribution in [3.05, 3.63) is 58.6 Å². The molecule has 1 nitrogen and oxygen atoms in total. The van der Waals surface area contributed by atoms with E-state index >= 15 is 0 Å². The average Bonchev–Trinajstić information content (AvgIpc) is 2.32. The fourth-order valence-electron chi connectivity index (χ4n) is 1.37. The molecule has 0 fully saturated rings. The van der Waals surface area contributed by atoms with Gasteiger partial charge >= 0.3 is 0 Å². The maximum absolute atomic E-state index is 5.62. The van der Waals surface area contributed by atoms with E-state index in [0.29, 0.717) is 6.54 Å². The first kappa shape index (κ1) is 11.7. The molecule has 2 rings (SSSR count). The predicted octanol–water partition coefficient (Wildman–Crippen LogP) is 4.06. The van der Waals surface area contributed by atoms with E-state index in [1.165, 1.54) is 15.4 Å². The van der Waals surface area contributed by atoms with Gasteiger partial charge in [-0.3, -0.25) is 0 Å². The van der Waals surface area contributed by atoms with Crippen molar-refractivity contribution in [2.45, 2.75) is 16.3 Å². The zero-order valence-electron chi connectivity index (χ0n) is 8.69. The first-order valence-corrected chi connectivity index (χ1v) is 6.61. The van der Waals surface area contributed by atoms with E-state index in [1.54, 1.807) is 11.8 Å². The first-order chi connectivity index (χ1) is 7.78. The zero-order chi connectivity index (χ0) is 11.4. The van der Waals surface area contributed by atoms with Crippen LogP contribution >= 0.6 is 27.7 Å². The lowest BCUT2D eigenvalue weighted by Crippen LogP contribution is -1.95. The van der Waals surface area contributed by atoms with E-state index in [0.717, 1.165) is 4.47 Å². The number of halogens is 1. The van der Waals surface area contributed by atoms with Crippen molar-refractivity contribution in [2.24, 2.45) is 5.73 Å². The van der Waals surface area contributed by atoms with Crippen LogP contribution in [-0.2, 0) is 6.54 Å². The molecule has 0 aromatic heterocycles. The van der Waals surface area contributed by atoms with Gasteiger partial charge in [0, 0.05) is 20.8 Å². The molecule has 0 saturated carbocycles. The Morgan fingerprint density at radius 3 is 2.44 bits per heavy atom. The standard InChI is InChI=1S/C13H12BrNS/c14-11-4-6-12(7-5-11)16-13-3-1-2-10(8-13)9-15/h1-8H,9,15H2. The summed E-state index contributed by atoms with van der Waals surface area (Å²) in [6.07, 6.45) is 0. The summed E-state index contributed by atoms with van der Waals surface area (Å²) in [5.41, 5.74) is 6.79. The summed E-state index contributed by atoms with van der Waals surface area (Å²) in [5.74, 6) is 0. The van der Waals surface area contributed by atoms with Crippen LogP contribution in [0, 0.1) is 0 Å². The van der Waals surface area contributed by atoms with Crippen LogP contribution < -0.4 is 5.73 Å². The van der Waals surface area contributed by atoms with Gasteiger partial charge in [-0.15, -0.1) is 0 Å². The maximum Gasteiger partial charge on any atom is 0.0178 e. The van der Waals surface area contributed by atoms with Gasteiger partial charge in [-0.25, -0.2) is 0 Å². The highest BCUT2D eigenvalue weighted by Crippen LogP contribution is 2.28. The molecule has 0 spiro atoms. The lowest BCUT2D eigenvalue weighted by Gasteiger charge is -2.03. The van der Waals surface area contributed by atoms with Crippen LogP contribution in [0.2, 0.25) is 0 Å². The summed E-state index contributed by atoms with van der Waals surface area (Å²) in [6, 6.07) is 16.6. The van der Waals surface area contributed by atoms with Gasteiger partial charge in [0.15, 0.2) is 0 Å². The van der Waals surface area contributed by atoms with Gasteiger partial charge < -0.3 is 5.73 Å². The van der Waals surface area contributed by atoms with E-state index in [9.17, 15) is 0 Å². The van der Waals surface area contributed by atoms with Gasteiger partial charge in [0.1, 0.15) is 0 Å². The third kappa shape index (κ3) is 3.11. The summed E-state index contributed by atoms with van der Waals surface area (Å²) in [5, 5.41) is 0. The van der Waals surface area contributed by atoms with Crippen molar-refractivity contribution in [1.82, 2.24) is 0 Å². The predicted molar refractivity (Wildman–Crippen MR) is 72.6 cm³/mol. The van der Waals surface area contributed by atoms with Gasteiger partial charge in [0.25, 0.3) is 0 Å². The molecule has 0 aliphatic carbocycles. The second-order valence-corrected chi connectivity index (χ2v) is 5.47. The molecule has 0 unspecified atom stereocenters. The van der Waals surface area contributed by atoms with Crippen LogP contribution in [0.25, 0.3) is 0 Å². The Balaban J connectivity index is 2.16. The molecule has 0 radical (unpaired) electrons. The van der Waals surface area contributed by atoms with Crippen molar-refractivity contribution in [1.29, 1.82) is 0 Å². The van der Waals surface area contributed by atoms with E-state index in [2.05, 4.69) is 52.3 Å². The third-order valence-corrected chi connectivity index (χ3v) is 3.71. The quantitative estimate of drug-likeness (QED) is 0.924. The molecule has 0 aliphatic heterocycles. The minimum absolute atomic E-state index is 0.592. The summed E-state index contributed by atoms with van der Waals surface area (Å²) < 4.78 is 1.10. The summed E-state index contributed by atoms with van der Waals surface area (Å²) in [6.45, 7) is 0.592. The van der Waals surface area contributed by atoms with Gasteiger partial charge in [0.2, 0.25) is 0 Å². The number of benzene rings is 2. The zero-order valence-corrected chi connectivity index (χ0v) is 11.1. The Kier molecular flexibility index (Phi) is 4.04. The normalized spacial score (nSPS) is 10.4. The molecule has 16 heavy (non-hydrogen) atoms. The van der Waals surface area contributed by atoms with Crippen LogP contribution in [0.3, 0.4) is 0 Å². The number of hydrogen-bond acceptors (Lipinski definition) is 2. The Hall–Kier alpha value is -0.770. The molecule has 0 aliphatic rings. The molecule has 2 aromatic carbocycles. The number of nitrogens with two attached hydrogens (primary N) is 1. The number of rotatable bonds is 3. The van der Waals surface area contributed by atoms with Crippen molar-refractivity contribution in [3.63, 3.8) is 0 Å². The van der Waals surface area contributed by atoms with Crippen molar-refractivity contribution in [3.8, 4) is 0 Å². The minimum Gasteiger partial charge on any atom is -0.326 e. The van der Waals surface area contributed by atoms with Crippen LogP contribution in [0.5, 0.6) is 0 Å². The third-order valence-electron chi connectivity index (χ3n) is 2.18. The lowest BCUT2D eigenvalue weighted by atomic mass is 10.2. The second kappa shape index (κ2) is 5.53. The fourth-order valence-corrected chi connectivity index (χ4v) is 2.54. The van der Waals surface area contributed by atoms with Crippen molar-refractivity contribution < 1.29 is 0 Å². The highest BCUT2D eigenvalue weighted by atomic mass is 79.9. The molecule has 82 valence electrons. The average molecular weight is 294 g/mol. The van der Waals surface area contributed by atoms with Gasteiger partial charge in [0.05, 0.1) is 0 Å². The molecule has 2 aromatic rings. The highest BCUT2D eigenvalue weighted by molar-refractivity contribution is 9.10. The number of hydrogen-bond donors (Lipinski definition) is 1. The molecule has 0 atom stereocenters. The highest BCUT2D eigenvalue weighted by Gasteiger charge is 1.98. The second-order valence-electron chi connectivity index (χ2n) is 3.41. The van der Waals surface area contributed by atoms with E-state index in [-0.39, 0.29) is 0 Å². The van der Waals surface area contributed by atoms with Gasteiger partial charge in [-0.1, -0.05) is 39.8 Å². The Labute approximate surface area is 108 Å². The Morgan fingerprint density at radius 1 is 1.00 bits per heavy atom. The molecule has 3 heteroatoms.